The van der Waals surface area contributed by atoms with E-state index in [1.54, 1.807) is 0 Å². The van der Waals surface area contributed by atoms with Gasteiger partial charge in [-0.15, -0.1) is 0 Å². The number of carbonyl (C=O) groups excluding carboxylic acids is 3. The molecule has 11 nitrogen and oxygen atoms in total. The van der Waals surface area contributed by atoms with Crippen molar-refractivity contribution in [3.05, 3.63) is 36.5 Å². The van der Waals surface area contributed by atoms with Gasteiger partial charge in [0.15, 0.2) is 6.10 Å². The van der Waals surface area contributed by atoms with Gasteiger partial charge in [0, 0.05) is 19.3 Å². The van der Waals surface area contributed by atoms with Crippen LogP contribution in [0, 0.1) is 0 Å². The lowest BCUT2D eigenvalue weighted by Gasteiger charge is -2.21. The van der Waals surface area contributed by atoms with Crippen molar-refractivity contribution < 1.29 is 52.2 Å². The summed E-state index contributed by atoms with van der Waals surface area (Å²) in [5.74, 6) is -1.47. The van der Waals surface area contributed by atoms with E-state index < -0.39 is 57.8 Å². The van der Waals surface area contributed by atoms with E-state index in [1.165, 1.54) is 128 Å². The second-order valence-corrected chi connectivity index (χ2v) is 21.6. The Morgan fingerprint density at radius 1 is 0.389 bits per heavy atom. The largest absolute Gasteiger partial charge is 0.472 e. The zero-order valence-corrected chi connectivity index (χ0v) is 47.6. The molecule has 72 heavy (non-hydrogen) atoms. The van der Waals surface area contributed by atoms with Gasteiger partial charge in [0.05, 0.1) is 19.8 Å². The van der Waals surface area contributed by atoms with Gasteiger partial charge in [-0.3, -0.25) is 23.4 Å². The van der Waals surface area contributed by atoms with Crippen LogP contribution in [0.15, 0.2) is 36.5 Å². The first-order chi connectivity index (χ1) is 35.2. The number of phosphoric ester groups is 1. The molecule has 0 radical (unpaired) electrons. The zero-order chi connectivity index (χ0) is 52.7. The van der Waals surface area contributed by atoms with Gasteiger partial charge in [-0.1, -0.05) is 237 Å². The summed E-state index contributed by atoms with van der Waals surface area (Å²) in [7, 11) is -4.75. The molecule has 3 atom stereocenters. The summed E-state index contributed by atoms with van der Waals surface area (Å²) >= 11 is 0. The van der Waals surface area contributed by atoms with E-state index in [2.05, 4.69) is 57.2 Å². The molecule has 0 aliphatic carbocycles. The Bertz CT molecular complexity index is 1350. The van der Waals surface area contributed by atoms with E-state index in [-0.39, 0.29) is 25.9 Å². The van der Waals surface area contributed by atoms with Gasteiger partial charge < -0.3 is 24.2 Å². The third kappa shape index (κ3) is 52.6. The van der Waals surface area contributed by atoms with Crippen molar-refractivity contribution in [3.8, 4) is 0 Å². The SMILES string of the molecule is CCC/C=C\C/C=C\CCCCCCCC(=O)OCC(COP(=O)(O)OCC(CO)OC(=O)CCCCCCC/C=C\CCCCCC)OC(=O)CCCCCCCCCCCCCCCCCCCCC. The van der Waals surface area contributed by atoms with Crippen molar-refractivity contribution in [1.29, 1.82) is 0 Å². The minimum Gasteiger partial charge on any atom is -0.462 e. The lowest BCUT2D eigenvalue weighted by Crippen LogP contribution is -2.30. The molecule has 0 bridgehead atoms. The molecule has 0 aromatic rings. The predicted molar refractivity (Wildman–Crippen MR) is 298 cm³/mol. The molecular weight excluding hydrogens is 928 g/mol. The Balaban J connectivity index is 4.68. The number of ether oxygens (including phenoxy) is 3. The molecule has 0 aromatic heterocycles. The van der Waals surface area contributed by atoms with Gasteiger partial charge in [-0.2, -0.15) is 0 Å². The summed E-state index contributed by atoms with van der Waals surface area (Å²) in [6.45, 7) is 4.59. The molecule has 0 heterocycles. The third-order valence-electron chi connectivity index (χ3n) is 13.0. The van der Waals surface area contributed by atoms with Crippen LogP contribution in [0.4, 0.5) is 0 Å². The first-order valence-electron chi connectivity index (χ1n) is 29.9. The van der Waals surface area contributed by atoms with E-state index in [4.69, 9.17) is 23.3 Å². The van der Waals surface area contributed by atoms with Gasteiger partial charge in [-0.05, 0) is 70.6 Å². The van der Waals surface area contributed by atoms with Gasteiger partial charge in [0.2, 0.25) is 0 Å². The Kier molecular flexibility index (Phi) is 53.2. The van der Waals surface area contributed by atoms with Crippen LogP contribution < -0.4 is 0 Å². The first kappa shape index (κ1) is 69.7. The number of allylic oxidation sites excluding steroid dienone is 6. The first-order valence-corrected chi connectivity index (χ1v) is 31.4. The van der Waals surface area contributed by atoms with Crippen molar-refractivity contribution in [2.45, 2.75) is 303 Å². The lowest BCUT2D eigenvalue weighted by molar-refractivity contribution is -0.161. The lowest BCUT2D eigenvalue weighted by atomic mass is 10.0. The van der Waals surface area contributed by atoms with Crippen LogP contribution in [0.2, 0.25) is 0 Å². The number of aliphatic hydroxyl groups excluding tert-OH is 1. The maximum Gasteiger partial charge on any atom is 0.472 e. The van der Waals surface area contributed by atoms with Crippen LogP contribution in [0.3, 0.4) is 0 Å². The highest BCUT2D eigenvalue weighted by atomic mass is 31.2. The average Bonchev–Trinajstić information content (AvgIpc) is 3.37. The van der Waals surface area contributed by atoms with Crippen LogP contribution >= 0.6 is 7.82 Å². The van der Waals surface area contributed by atoms with Crippen molar-refractivity contribution in [3.63, 3.8) is 0 Å². The fourth-order valence-electron chi connectivity index (χ4n) is 8.45. The fraction of sp³-hybridized carbons (Fsp3) is 0.850. The molecule has 2 N–H and O–H groups in total. The average molecular weight is 1040 g/mol. The summed E-state index contributed by atoms with van der Waals surface area (Å²) in [6, 6.07) is 0. The second kappa shape index (κ2) is 54.9. The van der Waals surface area contributed by atoms with Gasteiger partial charge in [-0.25, -0.2) is 4.57 Å². The highest BCUT2D eigenvalue weighted by molar-refractivity contribution is 7.47. The number of unbranched alkanes of at least 4 members (excludes halogenated alkanes) is 33. The van der Waals surface area contributed by atoms with Crippen molar-refractivity contribution in [1.82, 2.24) is 0 Å². The van der Waals surface area contributed by atoms with Gasteiger partial charge >= 0.3 is 25.7 Å². The summed E-state index contributed by atoms with van der Waals surface area (Å²) in [5.41, 5.74) is 0. The Labute approximate surface area is 441 Å². The van der Waals surface area contributed by atoms with E-state index in [0.717, 1.165) is 103 Å². The Hall–Kier alpha value is -2.30. The number of hydrogen-bond acceptors (Lipinski definition) is 10. The maximum absolute atomic E-state index is 12.9. The number of rotatable bonds is 56. The molecular formula is C60H111O11P. The van der Waals surface area contributed by atoms with E-state index in [9.17, 15) is 28.9 Å². The molecule has 0 spiro atoms. The monoisotopic (exact) mass is 1040 g/mol. The zero-order valence-electron chi connectivity index (χ0n) is 46.7. The smallest absolute Gasteiger partial charge is 0.462 e. The molecule has 0 aliphatic heterocycles. The standard InChI is InChI=1S/C60H111O11P/c1-4-7-10-13-16-19-22-25-26-27-28-29-30-33-36-39-42-45-48-51-60(64)71-57(53-67-58(62)49-46-43-40-37-34-31-23-20-17-14-11-8-5-2)55-69-72(65,66)68-54-56(52-61)70-59(63)50-47-44-41-38-35-32-24-21-18-15-12-9-6-3/h11,14,20-21,23-24,56-57,61H,4-10,12-13,15-19,22,25-55H2,1-3H3,(H,65,66)/b14-11-,23-20-,24-21-. The summed E-state index contributed by atoms with van der Waals surface area (Å²) in [4.78, 5) is 48.5. The molecule has 3 unspecified atom stereocenters. The number of carbonyl (C=O) groups is 3. The topological polar surface area (TPSA) is 155 Å². The highest BCUT2D eigenvalue weighted by Gasteiger charge is 2.28. The quantitative estimate of drug-likeness (QED) is 0.0197. The van der Waals surface area contributed by atoms with Crippen LogP contribution in [0.25, 0.3) is 0 Å². The minimum absolute atomic E-state index is 0.169. The molecule has 0 aromatic carbocycles. The van der Waals surface area contributed by atoms with E-state index in [1.807, 2.05) is 0 Å². The maximum atomic E-state index is 12.9. The van der Waals surface area contributed by atoms with Crippen LogP contribution in [0.1, 0.15) is 290 Å². The predicted octanol–water partition coefficient (Wildman–Crippen LogP) is 17.6. The van der Waals surface area contributed by atoms with Gasteiger partial charge in [0.25, 0.3) is 0 Å². The number of esters is 3. The molecule has 0 rings (SSSR count). The highest BCUT2D eigenvalue weighted by Crippen LogP contribution is 2.43. The number of hydrogen-bond donors (Lipinski definition) is 2. The molecule has 0 saturated heterocycles. The van der Waals surface area contributed by atoms with Crippen LogP contribution in [0.5, 0.6) is 0 Å². The van der Waals surface area contributed by atoms with E-state index in [0.29, 0.717) is 19.3 Å². The summed E-state index contributed by atoms with van der Waals surface area (Å²) in [5, 5.41) is 9.81. The number of phosphoric acid groups is 1. The third-order valence-corrected chi connectivity index (χ3v) is 14.0. The summed E-state index contributed by atoms with van der Waals surface area (Å²) < 4.78 is 39.5. The minimum atomic E-state index is -4.75. The van der Waals surface area contributed by atoms with E-state index >= 15 is 0 Å². The molecule has 12 heteroatoms. The summed E-state index contributed by atoms with van der Waals surface area (Å²) in [6.07, 6.45) is 56.7. The van der Waals surface area contributed by atoms with Crippen molar-refractivity contribution >= 4 is 25.7 Å². The second-order valence-electron chi connectivity index (χ2n) is 20.2. The normalized spacial score (nSPS) is 13.6. The van der Waals surface area contributed by atoms with Gasteiger partial charge in [0.1, 0.15) is 12.7 Å². The van der Waals surface area contributed by atoms with Crippen LogP contribution in [-0.4, -0.2) is 66.5 Å². The van der Waals surface area contributed by atoms with Crippen LogP contribution in [-0.2, 0) is 42.2 Å². The van der Waals surface area contributed by atoms with Crippen molar-refractivity contribution in [2.75, 3.05) is 26.4 Å². The van der Waals surface area contributed by atoms with Crippen molar-refractivity contribution in [2.24, 2.45) is 0 Å². The molecule has 0 amide bonds. The molecule has 0 aliphatic rings. The molecule has 0 saturated carbocycles. The number of aliphatic hydroxyl groups is 1. The Morgan fingerprint density at radius 2 is 0.708 bits per heavy atom. The molecule has 0 fully saturated rings. The molecule has 422 valence electrons. The Morgan fingerprint density at radius 3 is 1.11 bits per heavy atom. The fourth-order valence-corrected chi connectivity index (χ4v) is 9.23.